The van der Waals surface area contributed by atoms with Crippen LogP contribution in [0.15, 0.2) is 48.5 Å². The fourth-order valence-electron chi connectivity index (χ4n) is 2.76. The highest BCUT2D eigenvalue weighted by Gasteiger charge is 2.04. The first-order chi connectivity index (χ1) is 11.2. The number of hydrogen-bond donors (Lipinski definition) is 0. The largest absolute Gasteiger partial charge is 0.457 e. The Bertz CT molecular complexity index is 516. The molecule has 0 aliphatic rings. The van der Waals surface area contributed by atoms with Gasteiger partial charge in [-0.05, 0) is 76.2 Å². The van der Waals surface area contributed by atoms with E-state index in [1.54, 1.807) is 0 Å². The quantitative estimate of drug-likeness (QED) is 0.668. The summed E-state index contributed by atoms with van der Waals surface area (Å²) in [4.78, 5) is 4.64. The Hall–Kier alpha value is -2.16. The summed E-state index contributed by atoms with van der Waals surface area (Å²) in [5.41, 5.74) is 2.47. The Kier molecular flexibility index (Phi) is 6.33. The molecule has 0 aliphatic carbocycles. The van der Waals surface area contributed by atoms with Crippen LogP contribution in [0.1, 0.15) is 27.7 Å². The fraction of sp³-hybridized carbons (Fsp3) is 0.400. The number of hydrogen-bond acceptors (Lipinski definition) is 3. The lowest BCUT2D eigenvalue weighted by molar-refractivity contribution is 0.482. The summed E-state index contributed by atoms with van der Waals surface area (Å²) in [6.45, 7) is 12.8. The van der Waals surface area contributed by atoms with E-state index in [0.717, 1.165) is 37.7 Å². The van der Waals surface area contributed by atoms with Crippen LogP contribution in [-0.4, -0.2) is 26.2 Å². The maximum atomic E-state index is 5.95. The maximum Gasteiger partial charge on any atom is 0.127 e. The van der Waals surface area contributed by atoms with Crippen LogP contribution in [0.2, 0.25) is 0 Å². The first-order valence-electron chi connectivity index (χ1n) is 8.59. The highest BCUT2D eigenvalue weighted by Crippen LogP contribution is 2.26. The van der Waals surface area contributed by atoms with E-state index in [1.165, 1.54) is 11.4 Å². The molecule has 0 aliphatic heterocycles. The molecule has 3 nitrogen and oxygen atoms in total. The van der Waals surface area contributed by atoms with Gasteiger partial charge in [-0.1, -0.05) is 0 Å². The number of benzene rings is 2. The average Bonchev–Trinajstić information content (AvgIpc) is 2.60. The molecule has 0 aromatic heterocycles. The molecule has 0 saturated carbocycles. The van der Waals surface area contributed by atoms with E-state index in [4.69, 9.17) is 4.74 Å². The van der Waals surface area contributed by atoms with Gasteiger partial charge in [-0.2, -0.15) is 0 Å². The molecule has 0 radical (unpaired) electrons. The molecule has 0 fully saturated rings. The summed E-state index contributed by atoms with van der Waals surface area (Å²) in [7, 11) is 0. The standard InChI is InChI=1S/C20H28N2O/c1-5-21(6-2)17-9-13-19(14-10-17)23-20-15-11-18(12-16-20)22(7-3)8-4/h9-16H,5-8H2,1-4H3. The first kappa shape index (κ1) is 17.2. The molecule has 0 amide bonds. The zero-order valence-electron chi connectivity index (χ0n) is 14.7. The van der Waals surface area contributed by atoms with Crippen molar-refractivity contribution in [3.8, 4) is 11.5 Å². The van der Waals surface area contributed by atoms with Gasteiger partial charge in [-0.25, -0.2) is 0 Å². The molecule has 0 spiro atoms. The van der Waals surface area contributed by atoms with Gasteiger partial charge in [0.2, 0.25) is 0 Å². The third kappa shape index (κ3) is 4.41. The van der Waals surface area contributed by atoms with E-state index in [1.807, 2.05) is 24.3 Å². The molecule has 0 N–H and O–H groups in total. The second-order valence-corrected chi connectivity index (χ2v) is 5.43. The molecule has 124 valence electrons. The lowest BCUT2D eigenvalue weighted by Gasteiger charge is -2.21. The lowest BCUT2D eigenvalue weighted by atomic mass is 10.2. The van der Waals surface area contributed by atoms with Crippen molar-refractivity contribution in [2.45, 2.75) is 27.7 Å². The van der Waals surface area contributed by atoms with Crippen LogP contribution in [0.5, 0.6) is 11.5 Å². The number of anilines is 2. The lowest BCUT2D eigenvalue weighted by Crippen LogP contribution is -2.21. The third-order valence-corrected chi connectivity index (χ3v) is 4.17. The molecule has 3 heteroatoms. The molecule has 0 bridgehead atoms. The highest BCUT2D eigenvalue weighted by atomic mass is 16.5. The number of nitrogens with zero attached hydrogens (tertiary/aromatic N) is 2. The summed E-state index contributed by atoms with van der Waals surface area (Å²) in [5, 5.41) is 0. The van der Waals surface area contributed by atoms with Crippen molar-refractivity contribution in [3.05, 3.63) is 48.5 Å². The Morgan fingerprint density at radius 3 is 1.13 bits per heavy atom. The zero-order chi connectivity index (χ0) is 16.7. The van der Waals surface area contributed by atoms with Crippen LogP contribution in [0.25, 0.3) is 0 Å². The predicted molar refractivity (Wildman–Crippen MR) is 100 cm³/mol. The van der Waals surface area contributed by atoms with E-state index in [2.05, 4.69) is 61.8 Å². The van der Waals surface area contributed by atoms with Crippen molar-refractivity contribution in [3.63, 3.8) is 0 Å². The second-order valence-electron chi connectivity index (χ2n) is 5.43. The molecule has 0 heterocycles. The Labute approximate surface area is 140 Å². The summed E-state index contributed by atoms with van der Waals surface area (Å²) in [6, 6.07) is 16.6. The molecule has 23 heavy (non-hydrogen) atoms. The van der Waals surface area contributed by atoms with E-state index in [9.17, 15) is 0 Å². The van der Waals surface area contributed by atoms with Gasteiger partial charge in [0.1, 0.15) is 11.5 Å². The van der Waals surface area contributed by atoms with Gasteiger partial charge in [0.25, 0.3) is 0 Å². The summed E-state index contributed by atoms with van der Waals surface area (Å²) >= 11 is 0. The van der Waals surface area contributed by atoms with Crippen molar-refractivity contribution in [2.75, 3.05) is 36.0 Å². The Balaban J connectivity index is 2.04. The van der Waals surface area contributed by atoms with E-state index in [-0.39, 0.29) is 0 Å². The van der Waals surface area contributed by atoms with Crippen molar-refractivity contribution in [1.82, 2.24) is 0 Å². The molecule has 2 rings (SSSR count). The van der Waals surface area contributed by atoms with Gasteiger partial charge in [0.05, 0.1) is 0 Å². The van der Waals surface area contributed by atoms with Crippen LogP contribution < -0.4 is 14.5 Å². The summed E-state index contributed by atoms with van der Waals surface area (Å²) in [5.74, 6) is 1.74. The molecular formula is C20H28N2O. The minimum absolute atomic E-state index is 0.872. The summed E-state index contributed by atoms with van der Waals surface area (Å²) < 4.78 is 5.95. The van der Waals surface area contributed by atoms with E-state index < -0.39 is 0 Å². The fourth-order valence-corrected chi connectivity index (χ4v) is 2.76. The third-order valence-electron chi connectivity index (χ3n) is 4.17. The number of ether oxygens (including phenoxy) is 1. The molecular weight excluding hydrogens is 284 g/mol. The van der Waals surface area contributed by atoms with Crippen LogP contribution in [0.4, 0.5) is 11.4 Å². The second kappa shape index (κ2) is 8.47. The van der Waals surface area contributed by atoms with Gasteiger partial charge >= 0.3 is 0 Å². The first-order valence-corrected chi connectivity index (χ1v) is 8.59. The van der Waals surface area contributed by atoms with Gasteiger partial charge in [0.15, 0.2) is 0 Å². The molecule has 0 atom stereocenters. The number of rotatable bonds is 8. The Morgan fingerprint density at radius 2 is 0.870 bits per heavy atom. The normalized spacial score (nSPS) is 10.4. The van der Waals surface area contributed by atoms with E-state index >= 15 is 0 Å². The molecule has 2 aromatic rings. The highest BCUT2D eigenvalue weighted by molar-refractivity contribution is 5.51. The van der Waals surface area contributed by atoms with Crippen molar-refractivity contribution < 1.29 is 4.74 Å². The summed E-state index contributed by atoms with van der Waals surface area (Å²) in [6.07, 6.45) is 0. The van der Waals surface area contributed by atoms with Crippen molar-refractivity contribution >= 4 is 11.4 Å². The van der Waals surface area contributed by atoms with Gasteiger partial charge in [-0.15, -0.1) is 0 Å². The van der Waals surface area contributed by atoms with Crippen LogP contribution in [-0.2, 0) is 0 Å². The van der Waals surface area contributed by atoms with Crippen LogP contribution in [0.3, 0.4) is 0 Å². The Morgan fingerprint density at radius 1 is 0.565 bits per heavy atom. The molecule has 0 saturated heterocycles. The van der Waals surface area contributed by atoms with Crippen molar-refractivity contribution in [2.24, 2.45) is 0 Å². The van der Waals surface area contributed by atoms with Crippen molar-refractivity contribution in [1.29, 1.82) is 0 Å². The maximum absolute atomic E-state index is 5.95. The smallest absolute Gasteiger partial charge is 0.127 e. The van der Waals surface area contributed by atoms with Crippen LogP contribution in [0, 0.1) is 0 Å². The zero-order valence-corrected chi connectivity index (χ0v) is 14.7. The molecule has 0 unspecified atom stereocenters. The van der Waals surface area contributed by atoms with Crippen LogP contribution >= 0.6 is 0 Å². The molecule has 2 aromatic carbocycles. The van der Waals surface area contributed by atoms with Gasteiger partial charge in [0, 0.05) is 37.6 Å². The minimum Gasteiger partial charge on any atom is -0.457 e. The topological polar surface area (TPSA) is 15.7 Å². The monoisotopic (exact) mass is 312 g/mol. The average molecular weight is 312 g/mol. The van der Waals surface area contributed by atoms with Gasteiger partial charge in [-0.3, -0.25) is 0 Å². The SMILES string of the molecule is CCN(CC)c1ccc(Oc2ccc(N(CC)CC)cc2)cc1. The predicted octanol–water partition coefficient (Wildman–Crippen LogP) is 5.17. The van der Waals surface area contributed by atoms with E-state index in [0.29, 0.717) is 0 Å². The van der Waals surface area contributed by atoms with Gasteiger partial charge < -0.3 is 14.5 Å². The minimum atomic E-state index is 0.872.